The molecule has 2 aromatic carbocycles. The number of fused-ring (bicyclic) bond motifs is 1. The predicted octanol–water partition coefficient (Wildman–Crippen LogP) is 4.31. The molecule has 1 aliphatic heterocycles. The van der Waals surface area contributed by atoms with Crippen LogP contribution in [0.25, 0.3) is 10.9 Å². The third-order valence-electron chi connectivity index (χ3n) is 5.45. The van der Waals surface area contributed by atoms with Crippen molar-refractivity contribution >= 4 is 51.1 Å². The summed E-state index contributed by atoms with van der Waals surface area (Å²) >= 11 is 2.24. The van der Waals surface area contributed by atoms with Crippen molar-refractivity contribution in [3.8, 4) is 0 Å². The van der Waals surface area contributed by atoms with Gasteiger partial charge in [0.15, 0.2) is 5.78 Å². The van der Waals surface area contributed by atoms with Crippen LogP contribution in [0.5, 0.6) is 0 Å². The van der Waals surface area contributed by atoms with Crippen molar-refractivity contribution in [1.82, 2.24) is 15.1 Å². The molecule has 7 nitrogen and oxygen atoms in total. The Hall–Kier alpha value is -2.46. The minimum Gasteiger partial charge on any atom is -0.448 e. The first-order valence-corrected chi connectivity index (χ1v) is 11.1. The molecule has 0 radical (unpaired) electrons. The van der Waals surface area contributed by atoms with E-state index in [4.69, 9.17) is 4.74 Å². The number of Topliss-reactive ketones (excluding diaryl/α,β-unsaturated/α-hetero) is 1. The molecule has 3 aromatic rings. The van der Waals surface area contributed by atoms with Gasteiger partial charge < -0.3 is 4.74 Å². The number of anilines is 1. The van der Waals surface area contributed by atoms with Crippen LogP contribution in [-0.2, 0) is 4.74 Å². The Morgan fingerprint density at radius 2 is 1.93 bits per heavy atom. The van der Waals surface area contributed by atoms with Crippen LogP contribution < -0.4 is 5.32 Å². The number of hydrogen-bond acceptors (Lipinski definition) is 5. The van der Waals surface area contributed by atoms with E-state index in [-0.39, 0.29) is 11.7 Å². The number of likely N-dealkylation sites (tertiary alicyclic amines) is 1. The summed E-state index contributed by atoms with van der Waals surface area (Å²) in [4.78, 5) is 27.0. The molecule has 2 N–H and O–H groups in total. The lowest BCUT2D eigenvalue weighted by atomic mass is 9.89. The largest absolute Gasteiger partial charge is 0.448 e. The number of H-pyrrole nitrogens is 1. The van der Waals surface area contributed by atoms with Gasteiger partial charge in [0.05, 0.1) is 17.4 Å². The van der Waals surface area contributed by atoms with E-state index in [1.165, 1.54) is 0 Å². The van der Waals surface area contributed by atoms with Crippen molar-refractivity contribution in [2.45, 2.75) is 12.8 Å². The number of ketones is 1. The fourth-order valence-corrected chi connectivity index (χ4v) is 4.12. The van der Waals surface area contributed by atoms with Crippen LogP contribution >= 0.6 is 22.6 Å². The average molecular weight is 518 g/mol. The fraction of sp³-hybridized carbons (Fsp3) is 0.318. The van der Waals surface area contributed by atoms with E-state index >= 15 is 0 Å². The zero-order chi connectivity index (χ0) is 20.9. The van der Waals surface area contributed by atoms with E-state index in [1.807, 2.05) is 42.5 Å². The molecule has 0 spiro atoms. The molecule has 0 aliphatic carbocycles. The van der Waals surface area contributed by atoms with Crippen LogP contribution in [0, 0.1) is 9.49 Å². The maximum atomic E-state index is 12.7. The Bertz CT molecular complexity index is 1030. The summed E-state index contributed by atoms with van der Waals surface area (Å²) in [6.07, 6.45) is 2.86. The van der Waals surface area contributed by atoms with E-state index in [2.05, 4.69) is 43.0 Å². The molecule has 1 amide bonds. The highest BCUT2D eigenvalue weighted by atomic mass is 127. The standard InChI is InChI=1S/C22H23IN4O3/c23-17-6-4-15(5-7-17)21(28)16-8-10-27(11-9-16)12-13-30-22(29)25-19-2-1-3-20-18(19)14-24-26-20/h1-7,14,16H,8-13H2,(H,24,26)(H,25,29). The number of aromatic amines is 1. The summed E-state index contributed by atoms with van der Waals surface area (Å²) in [5, 5.41) is 10.5. The number of aromatic nitrogens is 2. The van der Waals surface area contributed by atoms with Gasteiger partial charge in [0.1, 0.15) is 6.61 Å². The number of carbonyl (C=O) groups excluding carboxylic acids is 2. The van der Waals surface area contributed by atoms with Gasteiger partial charge in [-0.2, -0.15) is 5.10 Å². The molecule has 156 valence electrons. The number of hydrogen-bond donors (Lipinski definition) is 2. The van der Waals surface area contributed by atoms with Gasteiger partial charge in [-0.25, -0.2) is 4.79 Å². The number of nitrogens with zero attached hydrogens (tertiary/aromatic N) is 2. The smallest absolute Gasteiger partial charge is 0.411 e. The minimum absolute atomic E-state index is 0.0703. The molecular weight excluding hydrogens is 495 g/mol. The van der Waals surface area contributed by atoms with Crippen molar-refractivity contribution < 1.29 is 14.3 Å². The lowest BCUT2D eigenvalue weighted by molar-refractivity contribution is 0.0813. The number of benzene rings is 2. The molecule has 0 atom stereocenters. The molecule has 30 heavy (non-hydrogen) atoms. The highest BCUT2D eigenvalue weighted by Crippen LogP contribution is 2.23. The minimum atomic E-state index is -0.479. The number of ether oxygens (including phenoxy) is 1. The molecule has 1 fully saturated rings. The Morgan fingerprint density at radius 1 is 1.17 bits per heavy atom. The number of amides is 1. The average Bonchev–Trinajstić information content (AvgIpc) is 3.24. The third kappa shape index (κ3) is 4.99. The molecule has 1 saturated heterocycles. The van der Waals surface area contributed by atoms with Crippen molar-refractivity contribution in [3.05, 3.63) is 57.8 Å². The molecule has 0 unspecified atom stereocenters. The normalized spacial score (nSPS) is 15.2. The zero-order valence-electron chi connectivity index (χ0n) is 16.4. The summed E-state index contributed by atoms with van der Waals surface area (Å²) in [5.41, 5.74) is 2.32. The molecule has 1 aromatic heterocycles. The lowest BCUT2D eigenvalue weighted by Gasteiger charge is -2.31. The van der Waals surface area contributed by atoms with E-state index in [9.17, 15) is 9.59 Å². The highest BCUT2D eigenvalue weighted by molar-refractivity contribution is 14.1. The van der Waals surface area contributed by atoms with E-state index in [1.54, 1.807) is 6.20 Å². The van der Waals surface area contributed by atoms with E-state index in [0.29, 0.717) is 18.8 Å². The number of nitrogens with one attached hydrogen (secondary N) is 2. The van der Waals surface area contributed by atoms with Gasteiger partial charge in [-0.05, 0) is 72.8 Å². The Kier molecular flexibility index (Phi) is 6.63. The lowest BCUT2D eigenvalue weighted by Crippen LogP contribution is -2.38. The second-order valence-electron chi connectivity index (χ2n) is 7.38. The SMILES string of the molecule is O=C(Nc1cccc2[nH]ncc12)OCCN1CCC(C(=O)c2ccc(I)cc2)CC1. The molecule has 1 aliphatic rings. The fourth-order valence-electron chi connectivity index (χ4n) is 3.76. The second kappa shape index (κ2) is 9.57. The number of rotatable bonds is 6. The molecular formula is C22H23IN4O3. The highest BCUT2D eigenvalue weighted by Gasteiger charge is 2.25. The van der Waals surface area contributed by atoms with Gasteiger partial charge in [-0.15, -0.1) is 0 Å². The van der Waals surface area contributed by atoms with Gasteiger partial charge in [0, 0.05) is 27.0 Å². The first-order chi connectivity index (χ1) is 14.6. The quantitative estimate of drug-likeness (QED) is 0.375. The summed E-state index contributed by atoms with van der Waals surface area (Å²) < 4.78 is 6.47. The van der Waals surface area contributed by atoms with E-state index < -0.39 is 6.09 Å². The van der Waals surface area contributed by atoms with Crippen molar-refractivity contribution in [1.29, 1.82) is 0 Å². The van der Waals surface area contributed by atoms with Gasteiger partial charge >= 0.3 is 6.09 Å². The predicted molar refractivity (Wildman–Crippen MR) is 124 cm³/mol. The van der Waals surface area contributed by atoms with Gasteiger partial charge in [-0.1, -0.05) is 18.2 Å². The van der Waals surface area contributed by atoms with Crippen LogP contribution in [0.15, 0.2) is 48.7 Å². The second-order valence-corrected chi connectivity index (χ2v) is 8.63. The van der Waals surface area contributed by atoms with Gasteiger partial charge in [0.25, 0.3) is 0 Å². The number of carbonyl (C=O) groups is 2. The maximum absolute atomic E-state index is 12.7. The van der Waals surface area contributed by atoms with Crippen molar-refractivity contribution in [2.75, 3.05) is 31.6 Å². The van der Waals surface area contributed by atoms with Crippen LogP contribution in [0.4, 0.5) is 10.5 Å². The summed E-state index contributed by atoms with van der Waals surface area (Å²) in [6.45, 7) is 2.64. The molecule has 4 rings (SSSR count). The summed E-state index contributed by atoms with van der Waals surface area (Å²) in [5.74, 6) is 0.302. The van der Waals surface area contributed by atoms with Crippen molar-refractivity contribution in [2.24, 2.45) is 5.92 Å². The molecule has 2 heterocycles. The Morgan fingerprint density at radius 3 is 2.70 bits per heavy atom. The molecule has 8 heteroatoms. The number of piperidine rings is 1. The Balaban J connectivity index is 1.19. The zero-order valence-corrected chi connectivity index (χ0v) is 18.6. The third-order valence-corrected chi connectivity index (χ3v) is 6.17. The van der Waals surface area contributed by atoms with Crippen molar-refractivity contribution in [3.63, 3.8) is 0 Å². The van der Waals surface area contributed by atoms with Crippen LogP contribution in [-0.4, -0.2) is 53.2 Å². The van der Waals surface area contributed by atoms with Crippen LogP contribution in [0.2, 0.25) is 0 Å². The maximum Gasteiger partial charge on any atom is 0.411 e. The number of halogens is 1. The van der Waals surface area contributed by atoms with E-state index in [0.717, 1.165) is 46.0 Å². The molecule has 0 bridgehead atoms. The molecule has 0 saturated carbocycles. The van der Waals surface area contributed by atoms with Crippen LogP contribution in [0.1, 0.15) is 23.2 Å². The first kappa shape index (κ1) is 20.8. The van der Waals surface area contributed by atoms with Crippen LogP contribution in [0.3, 0.4) is 0 Å². The monoisotopic (exact) mass is 518 g/mol. The summed E-state index contributed by atoms with van der Waals surface area (Å²) in [7, 11) is 0. The Labute approximate surface area is 188 Å². The summed E-state index contributed by atoms with van der Waals surface area (Å²) in [6, 6.07) is 13.3. The van der Waals surface area contributed by atoms with Gasteiger partial charge in [0.2, 0.25) is 0 Å². The van der Waals surface area contributed by atoms with Gasteiger partial charge in [-0.3, -0.25) is 20.1 Å². The topological polar surface area (TPSA) is 87.3 Å². The first-order valence-electron chi connectivity index (χ1n) is 9.98.